The Kier molecular flexibility index (Phi) is 4.00. The van der Waals surface area contributed by atoms with Crippen LogP contribution in [0.1, 0.15) is 24.8 Å². The maximum Gasteiger partial charge on any atom is 0.118 e. The summed E-state index contributed by atoms with van der Waals surface area (Å²) >= 11 is 0. The van der Waals surface area contributed by atoms with E-state index < -0.39 is 0 Å². The summed E-state index contributed by atoms with van der Waals surface area (Å²) in [7, 11) is 1.69. The normalized spacial score (nSPS) is 21.2. The lowest BCUT2D eigenvalue weighted by Gasteiger charge is -2.19. The summed E-state index contributed by atoms with van der Waals surface area (Å²) in [5.74, 6) is 0.910. The maximum atomic E-state index is 5.13. The molecule has 1 aromatic carbocycles. The molecular formula is C14H19NO. The second kappa shape index (κ2) is 5.71. The molecule has 86 valence electrons. The first-order valence-electron chi connectivity index (χ1n) is 5.94. The molecular weight excluding hydrogens is 198 g/mol. The molecule has 1 fully saturated rings. The van der Waals surface area contributed by atoms with Crippen LogP contribution in [0.5, 0.6) is 5.75 Å². The molecule has 0 spiro atoms. The molecule has 0 aliphatic carbocycles. The van der Waals surface area contributed by atoms with Gasteiger partial charge in [0.1, 0.15) is 5.75 Å². The van der Waals surface area contributed by atoms with Crippen LogP contribution in [0.2, 0.25) is 0 Å². The predicted molar refractivity (Wildman–Crippen MR) is 67.7 cm³/mol. The highest BCUT2D eigenvalue weighted by molar-refractivity contribution is 5.51. The van der Waals surface area contributed by atoms with Crippen LogP contribution in [0, 0.1) is 0 Å². The van der Waals surface area contributed by atoms with Crippen LogP contribution < -0.4 is 10.1 Å². The largest absolute Gasteiger partial charge is 0.497 e. The fourth-order valence-corrected chi connectivity index (χ4v) is 1.99. The predicted octanol–water partition coefficient (Wildman–Crippen LogP) is 2.85. The molecule has 1 heterocycles. The quantitative estimate of drug-likeness (QED) is 0.840. The molecule has 1 aromatic rings. The molecule has 1 atom stereocenters. The number of nitrogens with one attached hydrogen (secondary N) is 1. The molecule has 2 nitrogen and oxygen atoms in total. The number of ether oxygens (including phenoxy) is 1. The van der Waals surface area contributed by atoms with E-state index in [0.717, 1.165) is 12.3 Å². The van der Waals surface area contributed by atoms with Crippen molar-refractivity contribution in [1.29, 1.82) is 0 Å². The zero-order valence-electron chi connectivity index (χ0n) is 9.78. The minimum atomic E-state index is 0.552. The summed E-state index contributed by atoms with van der Waals surface area (Å²) in [5, 5.41) is 3.50. The van der Waals surface area contributed by atoms with Gasteiger partial charge in [0.25, 0.3) is 0 Å². The Morgan fingerprint density at radius 1 is 1.25 bits per heavy atom. The number of rotatable bonds is 3. The Balaban J connectivity index is 1.94. The molecule has 0 aromatic heterocycles. The highest BCUT2D eigenvalue weighted by Gasteiger charge is 2.07. The van der Waals surface area contributed by atoms with E-state index in [-0.39, 0.29) is 0 Å². The Morgan fingerprint density at radius 2 is 2.06 bits per heavy atom. The molecule has 1 unspecified atom stereocenters. The summed E-state index contributed by atoms with van der Waals surface area (Å²) in [6.45, 7) is 1.15. The zero-order chi connectivity index (χ0) is 11.2. The van der Waals surface area contributed by atoms with Crippen molar-refractivity contribution in [3.63, 3.8) is 0 Å². The van der Waals surface area contributed by atoms with Crippen LogP contribution in [0.4, 0.5) is 0 Å². The molecule has 0 bridgehead atoms. The summed E-state index contributed by atoms with van der Waals surface area (Å²) in [6.07, 6.45) is 8.35. The van der Waals surface area contributed by atoms with Gasteiger partial charge < -0.3 is 10.1 Å². The highest BCUT2D eigenvalue weighted by Crippen LogP contribution is 2.14. The van der Waals surface area contributed by atoms with Crippen LogP contribution in [-0.4, -0.2) is 19.7 Å². The number of piperidine rings is 1. The minimum absolute atomic E-state index is 0.552. The van der Waals surface area contributed by atoms with Crippen molar-refractivity contribution in [1.82, 2.24) is 5.32 Å². The standard InChI is InChI=1S/C14H19NO/c1-16-14-9-6-12(7-10-14)5-8-13-4-2-3-11-15-13/h5-10,13,15H,2-4,11H2,1H3/b8-5+. The molecule has 2 heteroatoms. The van der Waals surface area contributed by atoms with Crippen LogP contribution in [0.15, 0.2) is 30.3 Å². The molecule has 0 radical (unpaired) electrons. The Hall–Kier alpha value is -1.28. The van der Waals surface area contributed by atoms with Gasteiger partial charge in [0.2, 0.25) is 0 Å². The Labute approximate surface area is 97.3 Å². The first-order valence-corrected chi connectivity index (χ1v) is 5.94. The monoisotopic (exact) mass is 217 g/mol. The van der Waals surface area contributed by atoms with E-state index >= 15 is 0 Å². The third-order valence-corrected chi connectivity index (χ3v) is 2.99. The minimum Gasteiger partial charge on any atom is -0.497 e. The molecule has 2 rings (SSSR count). The topological polar surface area (TPSA) is 21.3 Å². The van der Waals surface area contributed by atoms with Crippen molar-refractivity contribution < 1.29 is 4.74 Å². The highest BCUT2D eigenvalue weighted by atomic mass is 16.5. The van der Waals surface area contributed by atoms with Crippen molar-refractivity contribution in [2.75, 3.05) is 13.7 Å². The van der Waals surface area contributed by atoms with Crippen molar-refractivity contribution in [3.05, 3.63) is 35.9 Å². The van der Waals surface area contributed by atoms with Gasteiger partial charge in [-0.3, -0.25) is 0 Å². The van der Waals surface area contributed by atoms with Gasteiger partial charge in [0.05, 0.1) is 7.11 Å². The van der Waals surface area contributed by atoms with Gasteiger partial charge >= 0.3 is 0 Å². The van der Waals surface area contributed by atoms with Crippen LogP contribution in [0.25, 0.3) is 6.08 Å². The van der Waals surface area contributed by atoms with Gasteiger partial charge in [-0.1, -0.05) is 30.7 Å². The second-order valence-corrected chi connectivity index (χ2v) is 4.19. The smallest absolute Gasteiger partial charge is 0.118 e. The number of methoxy groups -OCH3 is 1. The molecule has 0 amide bonds. The van der Waals surface area contributed by atoms with Crippen molar-refractivity contribution in [2.45, 2.75) is 25.3 Å². The van der Waals surface area contributed by atoms with Gasteiger partial charge in [-0.05, 0) is 37.1 Å². The molecule has 1 aliphatic heterocycles. The summed E-state index contributed by atoms with van der Waals surface area (Å²) < 4.78 is 5.13. The summed E-state index contributed by atoms with van der Waals surface area (Å²) in [4.78, 5) is 0. The number of hydrogen-bond acceptors (Lipinski definition) is 2. The molecule has 0 saturated carbocycles. The lowest BCUT2D eigenvalue weighted by molar-refractivity contribution is 0.415. The van der Waals surface area contributed by atoms with Gasteiger partial charge in [-0.2, -0.15) is 0 Å². The molecule has 1 saturated heterocycles. The van der Waals surface area contributed by atoms with Crippen LogP contribution in [0.3, 0.4) is 0 Å². The first-order chi connectivity index (χ1) is 7.88. The maximum absolute atomic E-state index is 5.13. The average Bonchev–Trinajstić information content (AvgIpc) is 2.38. The fraction of sp³-hybridized carbons (Fsp3) is 0.429. The fourth-order valence-electron chi connectivity index (χ4n) is 1.99. The third-order valence-electron chi connectivity index (χ3n) is 2.99. The van der Waals surface area contributed by atoms with Gasteiger partial charge in [-0.25, -0.2) is 0 Å². The first kappa shape index (κ1) is 11.2. The van der Waals surface area contributed by atoms with Crippen LogP contribution in [-0.2, 0) is 0 Å². The van der Waals surface area contributed by atoms with Crippen molar-refractivity contribution >= 4 is 6.08 Å². The Bertz CT molecular complexity index is 336. The van der Waals surface area contributed by atoms with E-state index in [2.05, 4.69) is 29.6 Å². The summed E-state index contributed by atoms with van der Waals surface area (Å²) in [5.41, 5.74) is 1.23. The summed E-state index contributed by atoms with van der Waals surface area (Å²) in [6, 6.07) is 8.70. The number of benzene rings is 1. The van der Waals surface area contributed by atoms with E-state index in [4.69, 9.17) is 4.74 Å². The lowest BCUT2D eigenvalue weighted by atomic mass is 10.0. The van der Waals surface area contributed by atoms with E-state index in [1.807, 2.05) is 12.1 Å². The van der Waals surface area contributed by atoms with E-state index in [1.165, 1.54) is 24.8 Å². The van der Waals surface area contributed by atoms with Gasteiger partial charge in [-0.15, -0.1) is 0 Å². The number of hydrogen-bond donors (Lipinski definition) is 1. The molecule has 16 heavy (non-hydrogen) atoms. The molecule has 1 N–H and O–H groups in total. The average molecular weight is 217 g/mol. The zero-order valence-corrected chi connectivity index (χ0v) is 9.78. The van der Waals surface area contributed by atoms with Crippen LogP contribution >= 0.6 is 0 Å². The van der Waals surface area contributed by atoms with Crippen molar-refractivity contribution in [2.24, 2.45) is 0 Å². The van der Waals surface area contributed by atoms with Gasteiger partial charge in [0.15, 0.2) is 0 Å². The van der Waals surface area contributed by atoms with Gasteiger partial charge in [0, 0.05) is 6.04 Å². The van der Waals surface area contributed by atoms with Crippen molar-refractivity contribution in [3.8, 4) is 5.75 Å². The SMILES string of the molecule is COc1ccc(/C=C/C2CCCCN2)cc1. The third kappa shape index (κ3) is 3.11. The Morgan fingerprint density at radius 3 is 2.69 bits per heavy atom. The second-order valence-electron chi connectivity index (χ2n) is 4.19. The van der Waals surface area contributed by atoms with E-state index in [0.29, 0.717) is 6.04 Å². The lowest BCUT2D eigenvalue weighted by Crippen LogP contribution is -2.31. The van der Waals surface area contributed by atoms with E-state index in [1.54, 1.807) is 7.11 Å². The molecule has 1 aliphatic rings. The van der Waals surface area contributed by atoms with E-state index in [9.17, 15) is 0 Å².